The average Bonchev–Trinajstić information content (AvgIpc) is 2.35. The van der Waals surface area contributed by atoms with Crippen molar-refractivity contribution in [2.24, 2.45) is 0 Å². The second-order valence-corrected chi connectivity index (χ2v) is 3.50. The van der Waals surface area contributed by atoms with E-state index in [9.17, 15) is 13.2 Å². The van der Waals surface area contributed by atoms with Gasteiger partial charge in [-0.15, -0.1) is 0 Å². The molecule has 1 aromatic carbocycles. The molecule has 18 heavy (non-hydrogen) atoms. The summed E-state index contributed by atoms with van der Waals surface area (Å²) in [6.07, 6.45) is -0.476. The van der Waals surface area contributed by atoms with Crippen LogP contribution in [0.5, 0.6) is 0 Å². The fraction of sp³-hybridized carbons (Fsp3) is 0.250. The summed E-state index contributed by atoms with van der Waals surface area (Å²) in [7, 11) is 3.03. The lowest BCUT2D eigenvalue weighted by molar-refractivity contribution is 0.151. The summed E-state index contributed by atoms with van der Waals surface area (Å²) in [6.45, 7) is 0. The van der Waals surface area contributed by atoms with Gasteiger partial charge in [0, 0.05) is 37.6 Å². The summed E-state index contributed by atoms with van der Waals surface area (Å²) in [6, 6.07) is 2.06. The Morgan fingerprint density at radius 3 is 2.44 bits per heavy atom. The van der Waals surface area contributed by atoms with Crippen LogP contribution in [0.4, 0.5) is 18.9 Å². The van der Waals surface area contributed by atoms with E-state index in [4.69, 9.17) is 5.41 Å². The van der Waals surface area contributed by atoms with E-state index in [0.717, 1.165) is 18.3 Å². The number of allylic oxidation sites excluding steroid dienone is 1. The third kappa shape index (κ3) is 2.82. The van der Waals surface area contributed by atoms with Crippen LogP contribution in [-0.2, 0) is 0 Å². The van der Waals surface area contributed by atoms with Crippen molar-refractivity contribution in [2.75, 3.05) is 19.4 Å². The zero-order valence-corrected chi connectivity index (χ0v) is 10.0. The maximum Gasteiger partial charge on any atom is 0.264 e. The standard InChI is InChI=1S/C12H14F3N3/c1-17-6-7(5-16)8-3-10(13)11(18-2)4-9(8)12(14)15/h3-6,12,16-18H,1-2H3/b7-6+,16-5?. The minimum atomic E-state index is -2.74. The molecular weight excluding hydrogens is 243 g/mol. The van der Waals surface area contributed by atoms with Crippen molar-refractivity contribution in [1.82, 2.24) is 5.32 Å². The molecule has 0 aliphatic rings. The van der Waals surface area contributed by atoms with E-state index in [0.29, 0.717) is 0 Å². The number of rotatable bonds is 5. The highest BCUT2D eigenvalue weighted by atomic mass is 19.3. The monoisotopic (exact) mass is 257 g/mol. The largest absolute Gasteiger partial charge is 0.393 e. The van der Waals surface area contributed by atoms with Crippen molar-refractivity contribution in [3.05, 3.63) is 35.3 Å². The summed E-state index contributed by atoms with van der Waals surface area (Å²) >= 11 is 0. The van der Waals surface area contributed by atoms with Crippen LogP contribution in [0.15, 0.2) is 18.3 Å². The van der Waals surface area contributed by atoms with E-state index < -0.39 is 12.2 Å². The Morgan fingerprint density at radius 1 is 1.33 bits per heavy atom. The molecule has 1 aromatic rings. The molecule has 0 saturated carbocycles. The van der Waals surface area contributed by atoms with Crippen LogP contribution >= 0.6 is 0 Å². The fourth-order valence-corrected chi connectivity index (χ4v) is 1.56. The molecule has 0 aromatic heterocycles. The molecule has 0 saturated heterocycles. The maximum absolute atomic E-state index is 13.6. The second-order valence-electron chi connectivity index (χ2n) is 3.50. The molecule has 0 heterocycles. The van der Waals surface area contributed by atoms with Gasteiger partial charge in [-0.2, -0.15) is 0 Å². The zero-order chi connectivity index (χ0) is 13.7. The molecule has 3 N–H and O–H groups in total. The molecule has 98 valence electrons. The second kappa shape index (κ2) is 6.09. The van der Waals surface area contributed by atoms with Gasteiger partial charge < -0.3 is 16.0 Å². The van der Waals surface area contributed by atoms with Crippen LogP contribution in [0.25, 0.3) is 5.57 Å². The molecule has 0 spiro atoms. The van der Waals surface area contributed by atoms with Crippen molar-refractivity contribution in [3.8, 4) is 0 Å². The lowest BCUT2D eigenvalue weighted by atomic mass is 10.00. The SMILES string of the molecule is CN/C=C(\C=N)c1cc(F)c(NC)cc1C(F)F. The summed E-state index contributed by atoms with van der Waals surface area (Å²) in [5.41, 5.74) is -0.117. The molecule has 0 atom stereocenters. The zero-order valence-electron chi connectivity index (χ0n) is 10.0. The molecule has 0 radical (unpaired) electrons. The molecule has 0 bridgehead atoms. The number of halogens is 3. The lowest BCUT2D eigenvalue weighted by Gasteiger charge is -2.13. The number of nitrogens with one attached hydrogen (secondary N) is 3. The summed E-state index contributed by atoms with van der Waals surface area (Å²) < 4.78 is 39.5. The third-order valence-electron chi connectivity index (χ3n) is 2.41. The number of hydrogen-bond donors (Lipinski definition) is 3. The fourth-order valence-electron chi connectivity index (χ4n) is 1.56. The van der Waals surface area contributed by atoms with E-state index in [-0.39, 0.29) is 22.4 Å². The predicted molar refractivity (Wildman–Crippen MR) is 66.7 cm³/mol. The minimum absolute atomic E-state index is 0.00263. The Balaban J connectivity index is 3.46. The van der Waals surface area contributed by atoms with Gasteiger partial charge in [0.15, 0.2) is 0 Å². The highest BCUT2D eigenvalue weighted by Crippen LogP contribution is 2.31. The van der Waals surface area contributed by atoms with Crippen molar-refractivity contribution in [3.63, 3.8) is 0 Å². The van der Waals surface area contributed by atoms with Crippen molar-refractivity contribution in [1.29, 1.82) is 5.41 Å². The maximum atomic E-state index is 13.6. The highest BCUT2D eigenvalue weighted by molar-refractivity contribution is 6.08. The summed E-state index contributed by atoms with van der Waals surface area (Å²) in [5, 5.41) is 12.3. The van der Waals surface area contributed by atoms with Crippen LogP contribution in [0.3, 0.4) is 0 Å². The number of anilines is 1. The van der Waals surface area contributed by atoms with Gasteiger partial charge in [0.25, 0.3) is 6.43 Å². The number of alkyl halides is 2. The molecule has 1 rings (SSSR count). The number of benzene rings is 1. The first-order valence-corrected chi connectivity index (χ1v) is 5.22. The van der Waals surface area contributed by atoms with Gasteiger partial charge in [0.2, 0.25) is 0 Å². The van der Waals surface area contributed by atoms with Gasteiger partial charge in [0.05, 0.1) is 5.69 Å². The Morgan fingerprint density at radius 2 is 2.00 bits per heavy atom. The van der Waals surface area contributed by atoms with E-state index in [1.54, 1.807) is 7.05 Å². The molecule has 0 aliphatic heterocycles. The first-order valence-electron chi connectivity index (χ1n) is 5.22. The van der Waals surface area contributed by atoms with Crippen LogP contribution in [0, 0.1) is 11.2 Å². The van der Waals surface area contributed by atoms with Crippen molar-refractivity contribution < 1.29 is 13.2 Å². The molecule has 0 aliphatic carbocycles. The lowest BCUT2D eigenvalue weighted by Crippen LogP contribution is -2.03. The van der Waals surface area contributed by atoms with Crippen LogP contribution < -0.4 is 10.6 Å². The molecular formula is C12H14F3N3. The quantitative estimate of drug-likeness (QED) is 0.710. The summed E-state index contributed by atoms with van der Waals surface area (Å²) in [5.74, 6) is -0.638. The normalized spacial score (nSPS) is 11.6. The highest BCUT2D eigenvalue weighted by Gasteiger charge is 2.18. The van der Waals surface area contributed by atoms with Gasteiger partial charge in [0.1, 0.15) is 5.82 Å². The number of hydrogen-bond acceptors (Lipinski definition) is 3. The van der Waals surface area contributed by atoms with Gasteiger partial charge in [-0.05, 0) is 17.7 Å². The average molecular weight is 257 g/mol. The molecule has 6 heteroatoms. The predicted octanol–water partition coefficient (Wildman–Crippen LogP) is 3.01. The van der Waals surface area contributed by atoms with Gasteiger partial charge in [-0.1, -0.05) is 0 Å². The Hall–Kier alpha value is -1.98. The van der Waals surface area contributed by atoms with Crippen molar-refractivity contribution >= 4 is 17.5 Å². The van der Waals surface area contributed by atoms with Gasteiger partial charge in [-0.3, -0.25) is 0 Å². The smallest absolute Gasteiger partial charge is 0.264 e. The van der Waals surface area contributed by atoms with Gasteiger partial charge in [-0.25, -0.2) is 13.2 Å². The van der Waals surface area contributed by atoms with E-state index >= 15 is 0 Å². The van der Waals surface area contributed by atoms with Crippen molar-refractivity contribution in [2.45, 2.75) is 6.43 Å². The topological polar surface area (TPSA) is 47.9 Å². The Bertz CT molecular complexity index is 470. The first kappa shape index (κ1) is 14.1. The minimum Gasteiger partial charge on any atom is -0.393 e. The van der Waals surface area contributed by atoms with Crippen LogP contribution in [0.2, 0.25) is 0 Å². The van der Waals surface area contributed by atoms with E-state index in [1.165, 1.54) is 13.2 Å². The van der Waals surface area contributed by atoms with Gasteiger partial charge >= 0.3 is 0 Å². The summed E-state index contributed by atoms with van der Waals surface area (Å²) in [4.78, 5) is 0. The third-order valence-corrected chi connectivity index (χ3v) is 2.41. The Labute approximate surface area is 103 Å². The molecule has 0 amide bonds. The Kier molecular flexibility index (Phi) is 4.76. The first-order chi connectivity index (χ1) is 8.54. The molecule has 0 fully saturated rings. The van der Waals surface area contributed by atoms with Crippen LogP contribution in [-0.4, -0.2) is 20.3 Å². The molecule has 3 nitrogen and oxygen atoms in total. The van der Waals surface area contributed by atoms with E-state index in [1.807, 2.05) is 0 Å². The molecule has 0 unspecified atom stereocenters. The van der Waals surface area contributed by atoms with E-state index in [2.05, 4.69) is 10.6 Å². The van der Waals surface area contributed by atoms with Crippen LogP contribution in [0.1, 0.15) is 17.6 Å².